The van der Waals surface area contributed by atoms with Crippen LogP contribution in [0.3, 0.4) is 0 Å². The molecule has 1 N–H and O–H groups in total. The van der Waals surface area contributed by atoms with E-state index in [1.54, 1.807) is 0 Å². The van der Waals surface area contributed by atoms with E-state index in [1.807, 2.05) is 13.0 Å². The summed E-state index contributed by atoms with van der Waals surface area (Å²) in [6.45, 7) is 13.0. The van der Waals surface area contributed by atoms with Crippen LogP contribution < -0.4 is 10.2 Å². The molecule has 146 valence electrons. The van der Waals surface area contributed by atoms with Crippen molar-refractivity contribution < 1.29 is 4.79 Å². The molecule has 0 unspecified atom stereocenters. The summed E-state index contributed by atoms with van der Waals surface area (Å²) in [6, 6.07) is 10.8. The molecule has 0 radical (unpaired) electrons. The Hall–Kier alpha value is -2.27. The molecule has 0 atom stereocenters. The Labute approximate surface area is 163 Å². The van der Waals surface area contributed by atoms with E-state index in [-0.39, 0.29) is 5.78 Å². The summed E-state index contributed by atoms with van der Waals surface area (Å²) in [4.78, 5) is 17.5. The van der Waals surface area contributed by atoms with Gasteiger partial charge in [0.2, 0.25) is 0 Å². The lowest BCUT2D eigenvalue weighted by molar-refractivity contribution is 0.101. The van der Waals surface area contributed by atoms with Crippen molar-refractivity contribution in [3.8, 4) is 0 Å². The van der Waals surface area contributed by atoms with Crippen molar-refractivity contribution in [2.24, 2.45) is 0 Å². The first-order chi connectivity index (χ1) is 12.9. The highest BCUT2D eigenvalue weighted by molar-refractivity contribution is 6.00. The van der Waals surface area contributed by atoms with Gasteiger partial charge < -0.3 is 19.7 Å². The Morgan fingerprint density at radius 2 is 1.70 bits per heavy atom. The summed E-state index contributed by atoms with van der Waals surface area (Å²) in [5.74, 6) is 0.137. The Bertz CT molecular complexity index is 783. The summed E-state index contributed by atoms with van der Waals surface area (Å²) in [5, 5.41) is 3.28. The molecule has 1 aromatic heterocycles. The van der Waals surface area contributed by atoms with Gasteiger partial charge in [-0.05, 0) is 65.1 Å². The van der Waals surface area contributed by atoms with Gasteiger partial charge in [-0.25, -0.2) is 0 Å². The zero-order valence-corrected chi connectivity index (χ0v) is 17.2. The van der Waals surface area contributed by atoms with E-state index in [0.717, 1.165) is 48.8 Å². The van der Waals surface area contributed by atoms with Gasteiger partial charge in [0.25, 0.3) is 0 Å². The second kappa shape index (κ2) is 8.17. The van der Waals surface area contributed by atoms with Gasteiger partial charge in [0, 0.05) is 60.5 Å². The largest absolute Gasteiger partial charge is 0.378 e. The number of aromatic nitrogens is 1. The monoisotopic (exact) mass is 368 g/mol. The van der Waals surface area contributed by atoms with E-state index in [4.69, 9.17) is 0 Å². The van der Waals surface area contributed by atoms with Gasteiger partial charge in [0.05, 0.1) is 6.54 Å². The number of hydrogen-bond donors (Lipinski definition) is 1. The smallest absolute Gasteiger partial charge is 0.183 e. The zero-order valence-electron chi connectivity index (χ0n) is 17.2. The lowest BCUT2D eigenvalue weighted by Gasteiger charge is -2.34. The average Bonchev–Trinajstić information content (AvgIpc) is 2.95. The summed E-state index contributed by atoms with van der Waals surface area (Å²) >= 11 is 0. The number of piperazine rings is 1. The molecule has 5 heteroatoms. The molecular formula is C22H32N4O. The molecule has 0 bridgehead atoms. The van der Waals surface area contributed by atoms with Crippen LogP contribution in [0.15, 0.2) is 30.3 Å². The standard InChI is InChI=1S/C22H32N4O/c1-16(2)26-17(3)14-21(18(26)4)22(27)15-23-19-6-8-20(9-7-19)25-12-10-24(5)11-13-25/h6-9,14,16,23H,10-13,15H2,1-5H3. The van der Waals surface area contributed by atoms with Gasteiger partial charge in [0.1, 0.15) is 0 Å². The molecule has 1 saturated heterocycles. The highest BCUT2D eigenvalue weighted by Crippen LogP contribution is 2.22. The van der Waals surface area contributed by atoms with Crippen molar-refractivity contribution in [1.82, 2.24) is 9.47 Å². The molecule has 3 rings (SSSR count). The van der Waals surface area contributed by atoms with Gasteiger partial charge in [-0.15, -0.1) is 0 Å². The molecule has 0 amide bonds. The average molecular weight is 369 g/mol. The second-order valence-corrected chi connectivity index (χ2v) is 7.86. The highest BCUT2D eigenvalue weighted by atomic mass is 16.1. The van der Waals surface area contributed by atoms with Crippen LogP contribution >= 0.6 is 0 Å². The van der Waals surface area contributed by atoms with Crippen molar-refractivity contribution in [2.45, 2.75) is 33.7 Å². The Kier molecular flexibility index (Phi) is 5.90. The number of benzene rings is 1. The molecule has 1 fully saturated rings. The van der Waals surface area contributed by atoms with Crippen LogP contribution in [0.5, 0.6) is 0 Å². The third-order valence-corrected chi connectivity index (χ3v) is 5.49. The maximum Gasteiger partial charge on any atom is 0.183 e. The number of Topliss-reactive ketones (excluding diaryl/α,β-unsaturated/α-hetero) is 1. The van der Waals surface area contributed by atoms with E-state index in [0.29, 0.717) is 12.6 Å². The van der Waals surface area contributed by atoms with Crippen molar-refractivity contribution in [2.75, 3.05) is 50.0 Å². The summed E-state index contributed by atoms with van der Waals surface area (Å²) in [5.41, 5.74) is 5.25. The summed E-state index contributed by atoms with van der Waals surface area (Å²) in [7, 11) is 2.17. The van der Waals surface area contributed by atoms with Crippen LogP contribution in [0.4, 0.5) is 11.4 Å². The molecule has 1 aliphatic rings. The van der Waals surface area contributed by atoms with E-state index >= 15 is 0 Å². The number of nitrogens with one attached hydrogen (secondary N) is 1. The number of carbonyl (C=O) groups is 1. The zero-order chi connectivity index (χ0) is 19.6. The predicted molar refractivity (Wildman–Crippen MR) is 113 cm³/mol. The number of nitrogens with zero attached hydrogens (tertiary/aromatic N) is 3. The Morgan fingerprint density at radius 3 is 2.26 bits per heavy atom. The third-order valence-electron chi connectivity index (χ3n) is 5.49. The first-order valence-electron chi connectivity index (χ1n) is 9.86. The van der Waals surface area contributed by atoms with Gasteiger partial charge in [0.15, 0.2) is 5.78 Å². The first kappa shape index (κ1) is 19.5. The predicted octanol–water partition coefficient (Wildman–Crippen LogP) is 3.73. The quantitative estimate of drug-likeness (QED) is 0.789. The molecule has 2 heterocycles. The number of hydrogen-bond acceptors (Lipinski definition) is 4. The fourth-order valence-electron chi connectivity index (χ4n) is 3.99. The van der Waals surface area contributed by atoms with E-state index < -0.39 is 0 Å². The lowest BCUT2D eigenvalue weighted by Crippen LogP contribution is -2.44. The minimum absolute atomic E-state index is 0.137. The normalized spacial score (nSPS) is 15.4. The topological polar surface area (TPSA) is 40.5 Å². The van der Waals surface area contributed by atoms with Crippen molar-refractivity contribution in [3.05, 3.63) is 47.3 Å². The van der Waals surface area contributed by atoms with Crippen molar-refractivity contribution in [1.29, 1.82) is 0 Å². The highest BCUT2D eigenvalue weighted by Gasteiger charge is 2.17. The second-order valence-electron chi connectivity index (χ2n) is 7.86. The maximum absolute atomic E-state index is 12.7. The molecule has 0 aliphatic carbocycles. The van der Waals surface area contributed by atoms with Crippen LogP contribution in [0.1, 0.15) is 41.6 Å². The summed E-state index contributed by atoms with van der Waals surface area (Å²) in [6.07, 6.45) is 0. The Balaban J connectivity index is 1.60. The minimum Gasteiger partial charge on any atom is -0.378 e. The van der Waals surface area contributed by atoms with Gasteiger partial charge in [-0.2, -0.15) is 0 Å². The SMILES string of the molecule is Cc1cc(C(=O)CNc2ccc(N3CCN(C)CC3)cc2)c(C)n1C(C)C. The number of rotatable bonds is 6. The van der Waals surface area contributed by atoms with Crippen molar-refractivity contribution in [3.63, 3.8) is 0 Å². The first-order valence-corrected chi connectivity index (χ1v) is 9.86. The van der Waals surface area contributed by atoms with E-state index in [1.165, 1.54) is 5.69 Å². The fraction of sp³-hybridized carbons (Fsp3) is 0.500. The molecule has 5 nitrogen and oxygen atoms in total. The molecule has 1 aromatic carbocycles. The van der Waals surface area contributed by atoms with Crippen molar-refractivity contribution >= 4 is 17.2 Å². The molecule has 0 saturated carbocycles. The number of likely N-dealkylation sites (N-methyl/N-ethyl adjacent to an activating group) is 1. The lowest BCUT2D eigenvalue weighted by atomic mass is 10.1. The number of anilines is 2. The van der Waals surface area contributed by atoms with Crippen LogP contribution in [0.25, 0.3) is 0 Å². The molecule has 0 spiro atoms. The maximum atomic E-state index is 12.7. The van der Waals surface area contributed by atoms with E-state index in [2.05, 4.69) is 71.8 Å². The molecule has 27 heavy (non-hydrogen) atoms. The number of aryl methyl sites for hydroxylation is 1. The third kappa shape index (κ3) is 4.35. The number of carbonyl (C=O) groups excluding carboxylic acids is 1. The fourth-order valence-corrected chi connectivity index (χ4v) is 3.99. The van der Waals surface area contributed by atoms with Crippen LogP contribution in [-0.4, -0.2) is 55.0 Å². The van der Waals surface area contributed by atoms with Gasteiger partial charge in [-0.1, -0.05) is 0 Å². The number of ketones is 1. The molecule has 2 aromatic rings. The minimum atomic E-state index is 0.137. The van der Waals surface area contributed by atoms with E-state index in [9.17, 15) is 4.79 Å². The van der Waals surface area contributed by atoms with Gasteiger partial charge in [-0.3, -0.25) is 4.79 Å². The Morgan fingerprint density at radius 1 is 1.07 bits per heavy atom. The molecular weight excluding hydrogens is 336 g/mol. The summed E-state index contributed by atoms with van der Waals surface area (Å²) < 4.78 is 2.22. The van der Waals surface area contributed by atoms with Crippen LogP contribution in [0.2, 0.25) is 0 Å². The van der Waals surface area contributed by atoms with Gasteiger partial charge >= 0.3 is 0 Å². The molecule has 1 aliphatic heterocycles. The van der Waals surface area contributed by atoms with Crippen LogP contribution in [0, 0.1) is 13.8 Å². The van der Waals surface area contributed by atoms with Crippen LogP contribution in [-0.2, 0) is 0 Å².